The highest BCUT2D eigenvalue weighted by atomic mass is 16.6. The van der Waals surface area contributed by atoms with Gasteiger partial charge in [-0.1, -0.05) is 6.08 Å². The number of rotatable bonds is 2. The minimum atomic E-state index is -0.343. The predicted octanol–water partition coefficient (Wildman–Crippen LogP) is 2.52. The van der Waals surface area contributed by atoms with E-state index in [1.165, 1.54) is 0 Å². The maximum atomic E-state index is 10.4. The van der Waals surface area contributed by atoms with Crippen molar-refractivity contribution in [2.45, 2.75) is 27.7 Å². The lowest BCUT2D eigenvalue weighted by atomic mass is 10.1. The SMILES string of the molecule is C/C=C(/C)C(=C(C)C)[N+](=O)[O-]. The predicted molar refractivity (Wildman–Crippen MR) is 44.8 cm³/mol. The van der Waals surface area contributed by atoms with Crippen LogP contribution in [0.1, 0.15) is 27.7 Å². The Morgan fingerprint density at radius 2 is 1.82 bits per heavy atom. The van der Waals surface area contributed by atoms with Gasteiger partial charge in [-0.3, -0.25) is 10.1 Å². The van der Waals surface area contributed by atoms with Crippen LogP contribution >= 0.6 is 0 Å². The van der Waals surface area contributed by atoms with Crippen molar-refractivity contribution < 1.29 is 4.92 Å². The average molecular weight is 155 g/mol. The minimum Gasteiger partial charge on any atom is -0.258 e. The van der Waals surface area contributed by atoms with Crippen LogP contribution in [-0.4, -0.2) is 4.92 Å². The highest BCUT2D eigenvalue weighted by molar-refractivity contribution is 5.25. The molecule has 0 aliphatic carbocycles. The van der Waals surface area contributed by atoms with Gasteiger partial charge in [-0.25, -0.2) is 0 Å². The third kappa shape index (κ3) is 2.53. The monoisotopic (exact) mass is 155 g/mol. The first kappa shape index (κ1) is 9.88. The highest BCUT2D eigenvalue weighted by Crippen LogP contribution is 2.13. The van der Waals surface area contributed by atoms with Gasteiger partial charge in [-0.2, -0.15) is 0 Å². The highest BCUT2D eigenvalue weighted by Gasteiger charge is 2.13. The molecule has 0 aromatic rings. The van der Waals surface area contributed by atoms with Gasteiger partial charge in [0.05, 0.1) is 4.92 Å². The zero-order valence-corrected chi connectivity index (χ0v) is 7.34. The molecule has 3 heteroatoms. The third-order valence-corrected chi connectivity index (χ3v) is 1.46. The molecule has 62 valence electrons. The van der Waals surface area contributed by atoms with E-state index in [1.54, 1.807) is 33.8 Å². The van der Waals surface area contributed by atoms with Gasteiger partial charge in [0.2, 0.25) is 0 Å². The van der Waals surface area contributed by atoms with Gasteiger partial charge in [-0.05, 0) is 27.7 Å². The Labute approximate surface area is 66.6 Å². The Bertz CT molecular complexity index is 222. The van der Waals surface area contributed by atoms with Crippen LogP contribution in [0.4, 0.5) is 0 Å². The molecule has 0 atom stereocenters. The van der Waals surface area contributed by atoms with E-state index < -0.39 is 0 Å². The van der Waals surface area contributed by atoms with Crippen LogP contribution in [0.15, 0.2) is 22.9 Å². The molecule has 0 saturated carbocycles. The van der Waals surface area contributed by atoms with Crippen LogP contribution in [0.5, 0.6) is 0 Å². The van der Waals surface area contributed by atoms with Crippen molar-refractivity contribution in [1.82, 2.24) is 0 Å². The summed E-state index contributed by atoms with van der Waals surface area (Å²) < 4.78 is 0. The topological polar surface area (TPSA) is 43.1 Å². The summed E-state index contributed by atoms with van der Waals surface area (Å²) in [6, 6.07) is 0. The smallest absolute Gasteiger partial charge is 0.258 e. The van der Waals surface area contributed by atoms with Crippen LogP contribution < -0.4 is 0 Å². The summed E-state index contributed by atoms with van der Waals surface area (Å²) in [5, 5.41) is 10.4. The quantitative estimate of drug-likeness (QED) is 0.349. The van der Waals surface area contributed by atoms with E-state index in [4.69, 9.17) is 0 Å². The summed E-state index contributed by atoms with van der Waals surface area (Å²) in [7, 11) is 0. The fourth-order valence-corrected chi connectivity index (χ4v) is 0.858. The van der Waals surface area contributed by atoms with Gasteiger partial charge in [0.1, 0.15) is 0 Å². The van der Waals surface area contributed by atoms with E-state index in [0.717, 1.165) is 11.1 Å². The second-order valence-electron chi connectivity index (χ2n) is 2.58. The maximum absolute atomic E-state index is 10.4. The normalized spacial score (nSPS) is 11.1. The van der Waals surface area contributed by atoms with Crippen LogP contribution in [0, 0.1) is 10.1 Å². The largest absolute Gasteiger partial charge is 0.270 e. The molecule has 3 nitrogen and oxygen atoms in total. The van der Waals surface area contributed by atoms with Crippen molar-refractivity contribution >= 4 is 0 Å². The van der Waals surface area contributed by atoms with Crippen molar-refractivity contribution in [3.63, 3.8) is 0 Å². The Kier molecular flexibility index (Phi) is 3.51. The van der Waals surface area contributed by atoms with E-state index in [9.17, 15) is 10.1 Å². The molecule has 0 radical (unpaired) electrons. The molecule has 0 aliphatic heterocycles. The summed E-state index contributed by atoms with van der Waals surface area (Å²) in [6.07, 6.45) is 1.74. The summed E-state index contributed by atoms with van der Waals surface area (Å²) >= 11 is 0. The van der Waals surface area contributed by atoms with Crippen LogP contribution in [0.3, 0.4) is 0 Å². The van der Waals surface area contributed by atoms with Gasteiger partial charge >= 0.3 is 0 Å². The maximum Gasteiger partial charge on any atom is 0.270 e. The molecule has 0 fully saturated rings. The number of hydrogen-bond acceptors (Lipinski definition) is 2. The standard InChI is InChI=1S/C8H13NO2/c1-5-7(4)8(6(2)3)9(10)11/h5H,1-4H3/b7-5-. The summed E-state index contributed by atoms with van der Waals surface area (Å²) in [4.78, 5) is 10.1. The fourth-order valence-electron chi connectivity index (χ4n) is 0.858. The second kappa shape index (κ2) is 3.91. The molecular formula is C8H13NO2. The lowest BCUT2D eigenvalue weighted by Gasteiger charge is -1.98. The third-order valence-electron chi connectivity index (χ3n) is 1.46. The molecule has 0 saturated heterocycles. The van der Waals surface area contributed by atoms with E-state index in [1.807, 2.05) is 0 Å². The van der Waals surface area contributed by atoms with Gasteiger partial charge in [0.15, 0.2) is 0 Å². The lowest BCUT2D eigenvalue weighted by molar-refractivity contribution is -0.421. The number of allylic oxidation sites excluding steroid dienone is 3. The van der Waals surface area contributed by atoms with Crippen LogP contribution in [-0.2, 0) is 0 Å². The van der Waals surface area contributed by atoms with Crippen molar-refractivity contribution in [2.24, 2.45) is 0 Å². The first-order chi connectivity index (χ1) is 5.00. The molecule has 0 bridgehead atoms. The average Bonchev–Trinajstić information content (AvgIpc) is 1.85. The molecule has 0 unspecified atom stereocenters. The first-order valence-electron chi connectivity index (χ1n) is 3.45. The van der Waals surface area contributed by atoms with Crippen LogP contribution in [0.25, 0.3) is 0 Å². The number of hydrogen-bond donors (Lipinski definition) is 0. The molecule has 0 N–H and O–H groups in total. The van der Waals surface area contributed by atoms with Gasteiger partial charge < -0.3 is 0 Å². The molecule has 0 heterocycles. The lowest BCUT2D eigenvalue weighted by Crippen LogP contribution is -2.01. The zero-order valence-electron chi connectivity index (χ0n) is 7.34. The molecule has 0 aromatic carbocycles. The van der Waals surface area contributed by atoms with E-state index in [0.29, 0.717) is 0 Å². The summed E-state index contributed by atoms with van der Waals surface area (Å²) in [5.41, 5.74) is 1.69. The van der Waals surface area contributed by atoms with Crippen molar-refractivity contribution in [3.8, 4) is 0 Å². The second-order valence-corrected chi connectivity index (χ2v) is 2.58. The van der Waals surface area contributed by atoms with E-state index >= 15 is 0 Å². The molecule has 0 aromatic heterocycles. The minimum absolute atomic E-state index is 0.229. The van der Waals surface area contributed by atoms with E-state index in [2.05, 4.69) is 0 Å². The molecule has 11 heavy (non-hydrogen) atoms. The molecule has 0 rings (SSSR count). The van der Waals surface area contributed by atoms with Crippen molar-refractivity contribution in [2.75, 3.05) is 0 Å². The van der Waals surface area contributed by atoms with Gasteiger partial charge in [0.25, 0.3) is 5.70 Å². The van der Waals surface area contributed by atoms with E-state index in [-0.39, 0.29) is 10.6 Å². The molecule has 0 aliphatic rings. The number of nitro groups is 1. The molecular weight excluding hydrogens is 142 g/mol. The zero-order chi connectivity index (χ0) is 9.02. The first-order valence-corrected chi connectivity index (χ1v) is 3.45. The fraction of sp³-hybridized carbons (Fsp3) is 0.500. The Morgan fingerprint density at radius 3 is 1.91 bits per heavy atom. The Balaban J connectivity index is 4.95. The molecule has 0 amide bonds. The number of nitrogens with zero attached hydrogens (tertiary/aromatic N) is 1. The van der Waals surface area contributed by atoms with Crippen LogP contribution in [0.2, 0.25) is 0 Å². The van der Waals surface area contributed by atoms with Crippen molar-refractivity contribution in [1.29, 1.82) is 0 Å². The van der Waals surface area contributed by atoms with Crippen molar-refractivity contribution in [3.05, 3.63) is 33.0 Å². The summed E-state index contributed by atoms with van der Waals surface area (Å²) in [5.74, 6) is 0. The van der Waals surface area contributed by atoms with Gasteiger partial charge in [0, 0.05) is 11.1 Å². The van der Waals surface area contributed by atoms with Gasteiger partial charge in [-0.15, -0.1) is 0 Å². The summed E-state index contributed by atoms with van der Waals surface area (Å²) in [6.45, 7) is 7.02. The Hall–Kier alpha value is -1.12. The molecule has 0 spiro atoms. The Morgan fingerprint density at radius 1 is 1.36 bits per heavy atom.